The fourth-order valence-corrected chi connectivity index (χ4v) is 4.61. The maximum absolute atomic E-state index is 2.66. The lowest BCUT2D eigenvalue weighted by Gasteiger charge is -2.31. The molecule has 0 N–H and O–H groups in total. The van der Waals surface area contributed by atoms with E-state index in [1.807, 2.05) is 0 Å². The molecule has 0 radical (unpaired) electrons. The van der Waals surface area contributed by atoms with Crippen molar-refractivity contribution in [3.63, 3.8) is 0 Å². The Morgan fingerprint density at radius 1 is 1.20 bits per heavy atom. The molecule has 1 heterocycles. The molecule has 2 rings (SSSR count). The fraction of sp³-hybridized carbons (Fsp3) is 0.667. The van der Waals surface area contributed by atoms with E-state index in [0.29, 0.717) is 5.41 Å². The minimum Gasteiger partial charge on any atom is -0.298 e. The van der Waals surface area contributed by atoms with E-state index in [1.165, 1.54) is 31.1 Å². The predicted molar refractivity (Wildman–Crippen MR) is 91.8 cm³/mol. The van der Waals surface area contributed by atoms with Gasteiger partial charge >= 0.3 is 0 Å². The lowest BCUT2D eigenvalue weighted by atomic mass is 9.79. The van der Waals surface area contributed by atoms with Crippen molar-refractivity contribution in [1.82, 2.24) is 4.90 Å². The van der Waals surface area contributed by atoms with Gasteiger partial charge in [-0.15, -0.1) is 0 Å². The van der Waals surface area contributed by atoms with Crippen LogP contribution in [0.15, 0.2) is 30.3 Å². The quantitative estimate of drug-likeness (QED) is 0.699. The zero-order valence-electron chi connectivity index (χ0n) is 13.9. The molecule has 1 fully saturated rings. The van der Waals surface area contributed by atoms with Gasteiger partial charge in [0, 0.05) is 27.7 Å². The number of nitrogens with zero attached hydrogens (tertiary/aromatic N) is 1. The molecule has 2 heteroatoms. The van der Waals surface area contributed by atoms with Gasteiger partial charge < -0.3 is 0 Å². The minimum absolute atomic E-state index is 0.523. The van der Waals surface area contributed by atoms with Gasteiger partial charge in [0.15, 0.2) is 0 Å². The summed E-state index contributed by atoms with van der Waals surface area (Å²) in [6, 6.07) is 12.4. The average molecular weight is 290 g/mol. The molecule has 0 aromatic heterocycles. The number of hydrogen-bond acceptors (Lipinski definition) is 1. The first-order chi connectivity index (χ1) is 9.28. The molecular weight excluding hydrogens is 258 g/mol. The van der Waals surface area contributed by atoms with Gasteiger partial charge in [0.05, 0.1) is 0 Å². The molecule has 2 atom stereocenters. The first-order valence-electron chi connectivity index (χ1n) is 8.05. The van der Waals surface area contributed by atoms with Crippen LogP contribution in [0.3, 0.4) is 0 Å². The third kappa shape index (κ3) is 4.19. The van der Waals surface area contributed by atoms with Gasteiger partial charge in [-0.25, -0.2) is 0 Å². The van der Waals surface area contributed by atoms with Gasteiger partial charge in [0.1, 0.15) is 0 Å². The van der Waals surface area contributed by atoms with E-state index in [4.69, 9.17) is 0 Å². The van der Waals surface area contributed by atoms with E-state index in [9.17, 15) is 0 Å². The summed E-state index contributed by atoms with van der Waals surface area (Å²) in [5.41, 5.74) is 1.98. The van der Waals surface area contributed by atoms with Gasteiger partial charge in [-0.2, -0.15) is 0 Å². The first kappa shape index (κ1) is 15.8. The molecule has 0 unspecified atom stereocenters. The molecule has 20 heavy (non-hydrogen) atoms. The molecule has 1 aliphatic heterocycles. The topological polar surface area (TPSA) is 3.24 Å². The van der Waals surface area contributed by atoms with Crippen LogP contribution >= 0.6 is 0 Å². The molecule has 112 valence electrons. The van der Waals surface area contributed by atoms with E-state index >= 15 is 0 Å². The largest absolute Gasteiger partial charge is 0.298 e. The SMILES string of the molecule is C[C@@H]1CN(Cc2ccccc2)C[C@]1(C)CC[Si](C)(C)C. The Bertz CT molecular complexity index is 423. The Morgan fingerprint density at radius 2 is 1.85 bits per heavy atom. The van der Waals surface area contributed by atoms with Crippen LogP contribution in [-0.2, 0) is 6.54 Å². The first-order valence-corrected chi connectivity index (χ1v) is 11.8. The van der Waals surface area contributed by atoms with E-state index in [1.54, 1.807) is 0 Å². The number of likely N-dealkylation sites (tertiary alicyclic amines) is 1. The fourth-order valence-electron chi connectivity index (χ4n) is 3.29. The molecule has 1 aromatic rings. The molecule has 0 bridgehead atoms. The molecule has 1 aliphatic rings. The molecule has 0 saturated carbocycles. The second-order valence-electron chi connectivity index (χ2n) is 8.27. The van der Waals surface area contributed by atoms with Gasteiger partial charge in [-0.1, -0.05) is 69.9 Å². The highest BCUT2D eigenvalue weighted by molar-refractivity contribution is 6.76. The lowest BCUT2D eigenvalue weighted by Crippen LogP contribution is -2.30. The van der Waals surface area contributed by atoms with Crippen LogP contribution in [0.4, 0.5) is 0 Å². The Morgan fingerprint density at radius 3 is 2.45 bits per heavy atom. The Kier molecular flexibility index (Phi) is 4.75. The van der Waals surface area contributed by atoms with E-state index in [-0.39, 0.29) is 0 Å². The maximum Gasteiger partial charge on any atom is 0.0442 e. The van der Waals surface area contributed by atoms with Gasteiger partial charge in [0.2, 0.25) is 0 Å². The summed E-state index contributed by atoms with van der Waals surface area (Å²) >= 11 is 0. The summed E-state index contributed by atoms with van der Waals surface area (Å²) in [6.07, 6.45) is 1.41. The van der Waals surface area contributed by atoms with Crippen LogP contribution in [0.25, 0.3) is 0 Å². The van der Waals surface area contributed by atoms with Crippen molar-refractivity contribution in [2.24, 2.45) is 11.3 Å². The monoisotopic (exact) mass is 289 g/mol. The second-order valence-corrected chi connectivity index (χ2v) is 13.9. The van der Waals surface area contributed by atoms with Crippen molar-refractivity contribution in [1.29, 1.82) is 0 Å². The molecule has 0 aliphatic carbocycles. The second kappa shape index (κ2) is 6.03. The normalized spacial score (nSPS) is 27.9. The van der Waals surface area contributed by atoms with Gasteiger partial charge in [-0.05, 0) is 23.3 Å². The van der Waals surface area contributed by atoms with Crippen molar-refractivity contribution < 1.29 is 0 Å². The van der Waals surface area contributed by atoms with Crippen molar-refractivity contribution in [2.75, 3.05) is 13.1 Å². The number of benzene rings is 1. The maximum atomic E-state index is 2.66. The predicted octanol–water partition coefficient (Wildman–Crippen LogP) is 4.87. The number of rotatable bonds is 5. The van der Waals surface area contributed by atoms with Gasteiger partial charge in [0.25, 0.3) is 0 Å². The Labute approximate surface area is 126 Å². The summed E-state index contributed by atoms with van der Waals surface area (Å²) < 4.78 is 0. The zero-order valence-corrected chi connectivity index (χ0v) is 14.9. The van der Waals surface area contributed by atoms with Crippen LogP contribution in [0.1, 0.15) is 25.8 Å². The van der Waals surface area contributed by atoms with Gasteiger partial charge in [-0.3, -0.25) is 4.90 Å². The van der Waals surface area contributed by atoms with Crippen molar-refractivity contribution in [3.05, 3.63) is 35.9 Å². The highest BCUT2D eigenvalue weighted by Crippen LogP contribution is 2.41. The Balaban J connectivity index is 1.94. The molecule has 1 saturated heterocycles. The van der Waals surface area contributed by atoms with Crippen LogP contribution in [0, 0.1) is 11.3 Å². The summed E-state index contributed by atoms with van der Waals surface area (Å²) in [7, 11) is -0.916. The van der Waals surface area contributed by atoms with Crippen LogP contribution in [0.5, 0.6) is 0 Å². The van der Waals surface area contributed by atoms with E-state index in [2.05, 4.69) is 68.7 Å². The Hall–Kier alpha value is -0.603. The summed E-state index contributed by atoms with van der Waals surface area (Å²) in [5.74, 6) is 0.822. The van der Waals surface area contributed by atoms with Crippen LogP contribution in [-0.4, -0.2) is 26.1 Å². The summed E-state index contributed by atoms with van der Waals surface area (Å²) in [6.45, 7) is 16.1. The van der Waals surface area contributed by atoms with E-state index in [0.717, 1.165) is 12.5 Å². The standard InChI is InChI=1S/C18H31NSi/c1-16-13-19(14-17-9-7-6-8-10-17)15-18(16,2)11-12-20(3,4)5/h6-10,16H,11-15H2,1-5H3/t16-,18+/m1/s1. The van der Waals surface area contributed by atoms with Crippen molar-refractivity contribution >= 4 is 8.07 Å². The summed E-state index contributed by atoms with van der Waals surface area (Å²) in [4.78, 5) is 2.66. The smallest absolute Gasteiger partial charge is 0.0442 e. The molecular formula is C18H31NSi. The molecule has 1 nitrogen and oxygen atoms in total. The number of hydrogen-bond donors (Lipinski definition) is 0. The lowest BCUT2D eigenvalue weighted by molar-refractivity contribution is 0.239. The zero-order chi connectivity index (χ0) is 14.8. The molecule has 1 aromatic carbocycles. The highest BCUT2D eigenvalue weighted by Gasteiger charge is 2.40. The summed E-state index contributed by atoms with van der Waals surface area (Å²) in [5, 5.41) is 0. The third-order valence-electron chi connectivity index (χ3n) is 5.00. The molecule has 0 spiro atoms. The molecule has 0 amide bonds. The average Bonchev–Trinajstić information content (AvgIpc) is 2.63. The highest BCUT2D eigenvalue weighted by atomic mass is 28.3. The van der Waals surface area contributed by atoms with E-state index < -0.39 is 8.07 Å². The minimum atomic E-state index is -0.916. The van der Waals surface area contributed by atoms with Crippen LogP contribution < -0.4 is 0 Å². The van der Waals surface area contributed by atoms with Crippen molar-refractivity contribution in [3.8, 4) is 0 Å². The van der Waals surface area contributed by atoms with Crippen LogP contribution in [0.2, 0.25) is 25.7 Å². The van der Waals surface area contributed by atoms with Crippen molar-refractivity contribution in [2.45, 2.75) is 52.5 Å². The third-order valence-corrected chi connectivity index (χ3v) is 6.75.